The zero-order valence-electron chi connectivity index (χ0n) is 21.1. The topological polar surface area (TPSA) is 90.7 Å². The minimum atomic E-state index is -1.16. The molecular weight excluding hydrogens is 457 g/mol. The molecule has 36 heavy (non-hydrogen) atoms. The van der Waals surface area contributed by atoms with Crippen LogP contribution in [0.15, 0.2) is 60.7 Å². The SMILES string of the molecule is CC(C)c1nc(C(C)C)c(-c2ccccc2)c(-c2ccc(F)cc2)c1/C=C/C(O)CC(O)CC(=O)O. The largest absolute Gasteiger partial charge is 0.481 e. The van der Waals surface area contributed by atoms with Crippen molar-refractivity contribution >= 4 is 12.0 Å². The van der Waals surface area contributed by atoms with Gasteiger partial charge in [0.25, 0.3) is 0 Å². The Balaban J connectivity index is 2.28. The van der Waals surface area contributed by atoms with E-state index >= 15 is 0 Å². The smallest absolute Gasteiger partial charge is 0.305 e. The highest BCUT2D eigenvalue weighted by Gasteiger charge is 2.24. The monoisotopic (exact) mass is 491 g/mol. The number of aliphatic hydroxyl groups is 2. The summed E-state index contributed by atoms with van der Waals surface area (Å²) in [6, 6.07) is 16.3. The van der Waals surface area contributed by atoms with E-state index in [1.807, 2.05) is 44.2 Å². The number of carboxylic acid groups (broad SMARTS) is 1. The second kappa shape index (κ2) is 12.1. The van der Waals surface area contributed by atoms with Crippen molar-refractivity contribution in [1.82, 2.24) is 4.98 Å². The van der Waals surface area contributed by atoms with Gasteiger partial charge in [-0.05, 0) is 35.1 Å². The molecule has 2 unspecified atom stereocenters. The van der Waals surface area contributed by atoms with Crippen LogP contribution in [0.3, 0.4) is 0 Å². The van der Waals surface area contributed by atoms with Crippen molar-refractivity contribution in [3.05, 3.63) is 83.4 Å². The predicted octanol–water partition coefficient (Wildman–Crippen LogP) is 6.40. The highest BCUT2D eigenvalue weighted by Crippen LogP contribution is 2.42. The van der Waals surface area contributed by atoms with Gasteiger partial charge in [-0.15, -0.1) is 0 Å². The van der Waals surface area contributed by atoms with Gasteiger partial charge in [0.05, 0.1) is 30.0 Å². The first-order valence-electron chi connectivity index (χ1n) is 12.2. The quantitative estimate of drug-likeness (QED) is 0.305. The molecule has 0 aliphatic carbocycles. The first-order valence-corrected chi connectivity index (χ1v) is 12.2. The van der Waals surface area contributed by atoms with Crippen molar-refractivity contribution in [2.75, 3.05) is 0 Å². The second-order valence-electron chi connectivity index (χ2n) is 9.64. The first kappa shape index (κ1) is 27.2. The van der Waals surface area contributed by atoms with Gasteiger partial charge >= 0.3 is 5.97 Å². The predicted molar refractivity (Wildman–Crippen MR) is 141 cm³/mol. The number of pyridine rings is 1. The number of carbonyl (C=O) groups is 1. The number of aliphatic carboxylic acids is 1. The van der Waals surface area contributed by atoms with Crippen molar-refractivity contribution in [1.29, 1.82) is 0 Å². The van der Waals surface area contributed by atoms with Crippen LogP contribution in [0.5, 0.6) is 0 Å². The van der Waals surface area contributed by atoms with E-state index in [9.17, 15) is 19.4 Å². The van der Waals surface area contributed by atoms with Crippen molar-refractivity contribution < 1.29 is 24.5 Å². The van der Waals surface area contributed by atoms with E-state index in [0.29, 0.717) is 0 Å². The van der Waals surface area contributed by atoms with Crippen LogP contribution in [0.2, 0.25) is 0 Å². The van der Waals surface area contributed by atoms with Gasteiger partial charge in [-0.3, -0.25) is 9.78 Å². The lowest BCUT2D eigenvalue weighted by Gasteiger charge is -2.24. The van der Waals surface area contributed by atoms with Crippen molar-refractivity contribution in [3.63, 3.8) is 0 Å². The molecule has 1 heterocycles. The average Bonchev–Trinajstić information content (AvgIpc) is 2.82. The van der Waals surface area contributed by atoms with Gasteiger partial charge in [0.15, 0.2) is 0 Å². The summed E-state index contributed by atoms with van der Waals surface area (Å²) >= 11 is 0. The Morgan fingerprint density at radius 1 is 0.889 bits per heavy atom. The first-order chi connectivity index (χ1) is 17.1. The van der Waals surface area contributed by atoms with E-state index in [1.165, 1.54) is 12.1 Å². The maximum atomic E-state index is 13.9. The molecule has 3 rings (SSSR count). The summed E-state index contributed by atoms with van der Waals surface area (Å²) in [6.45, 7) is 8.29. The van der Waals surface area contributed by atoms with Crippen molar-refractivity contribution in [3.8, 4) is 22.3 Å². The molecule has 0 aliphatic heterocycles. The molecule has 0 saturated heterocycles. The molecule has 2 aromatic carbocycles. The molecule has 0 fully saturated rings. The van der Waals surface area contributed by atoms with E-state index < -0.39 is 24.6 Å². The molecule has 2 atom stereocenters. The van der Waals surface area contributed by atoms with Crippen LogP contribution in [-0.4, -0.2) is 38.5 Å². The van der Waals surface area contributed by atoms with E-state index in [-0.39, 0.29) is 24.1 Å². The van der Waals surface area contributed by atoms with Crippen molar-refractivity contribution in [2.24, 2.45) is 0 Å². The molecule has 190 valence electrons. The zero-order chi connectivity index (χ0) is 26.4. The fourth-order valence-corrected chi connectivity index (χ4v) is 4.33. The van der Waals surface area contributed by atoms with Crippen LogP contribution in [-0.2, 0) is 4.79 Å². The Hall–Kier alpha value is -3.35. The molecular formula is C30H34FNO4. The lowest BCUT2D eigenvalue weighted by atomic mass is 9.84. The Morgan fingerprint density at radius 2 is 1.47 bits per heavy atom. The Bertz CT molecular complexity index is 1200. The van der Waals surface area contributed by atoms with Crippen LogP contribution in [0.25, 0.3) is 28.3 Å². The summed E-state index contributed by atoms with van der Waals surface area (Å²) < 4.78 is 13.9. The Kier molecular flexibility index (Phi) is 9.13. The number of carboxylic acids is 1. The minimum absolute atomic E-state index is 0.0564. The number of hydrogen-bond acceptors (Lipinski definition) is 4. The maximum absolute atomic E-state index is 13.9. The van der Waals surface area contributed by atoms with Crippen LogP contribution in [0.1, 0.15) is 69.3 Å². The molecule has 0 spiro atoms. The number of halogens is 1. The summed E-state index contributed by atoms with van der Waals surface area (Å²) in [7, 11) is 0. The second-order valence-corrected chi connectivity index (χ2v) is 9.64. The van der Waals surface area contributed by atoms with Crippen LogP contribution in [0.4, 0.5) is 4.39 Å². The lowest BCUT2D eigenvalue weighted by Crippen LogP contribution is -2.19. The maximum Gasteiger partial charge on any atom is 0.305 e. The number of aliphatic hydroxyl groups excluding tert-OH is 2. The standard InChI is InChI=1S/C30H34FNO4/c1-18(2)29-25(15-14-23(33)16-24(34)17-26(35)36)27(21-10-12-22(31)13-11-21)28(30(32-29)19(3)4)20-8-6-5-7-9-20/h5-15,18-19,23-24,33-34H,16-17H2,1-4H3,(H,35,36)/b15-14+. The highest BCUT2D eigenvalue weighted by atomic mass is 19.1. The Labute approximate surface area is 212 Å². The highest BCUT2D eigenvalue weighted by molar-refractivity contribution is 5.91. The summed E-state index contributed by atoms with van der Waals surface area (Å²) in [5, 5.41) is 29.4. The van der Waals surface area contributed by atoms with E-state index in [0.717, 1.165) is 39.2 Å². The molecule has 0 radical (unpaired) electrons. The van der Waals surface area contributed by atoms with E-state index in [2.05, 4.69) is 13.8 Å². The Morgan fingerprint density at radius 3 is 2.03 bits per heavy atom. The molecule has 6 heteroatoms. The van der Waals surface area contributed by atoms with Gasteiger partial charge in [0.1, 0.15) is 5.82 Å². The molecule has 5 nitrogen and oxygen atoms in total. The molecule has 0 saturated carbocycles. The molecule has 0 aliphatic rings. The summed E-state index contributed by atoms with van der Waals surface area (Å²) in [5.41, 5.74) is 6.20. The van der Waals surface area contributed by atoms with E-state index in [4.69, 9.17) is 10.1 Å². The third kappa shape index (κ3) is 6.65. The number of rotatable bonds is 10. The fraction of sp³-hybridized carbons (Fsp3) is 0.333. The normalized spacial score (nSPS) is 13.5. The number of benzene rings is 2. The summed E-state index contributed by atoms with van der Waals surface area (Å²) in [5.74, 6) is -1.28. The van der Waals surface area contributed by atoms with Gasteiger partial charge in [-0.25, -0.2) is 4.39 Å². The van der Waals surface area contributed by atoms with Crippen LogP contribution in [0, 0.1) is 5.82 Å². The molecule has 1 aromatic heterocycles. The number of hydrogen-bond donors (Lipinski definition) is 3. The fourth-order valence-electron chi connectivity index (χ4n) is 4.33. The van der Waals surface area contributed by atoms with Gasteiger partial charge in [-0.1, -0.05) is 82.3 Å². The minimum Gasteiger partial charge on any atom is -0.481 e. The summed E-state index contributed by atoms with van der Waals surface area (Å²) in [4.78, 5) is 16.0. The van der Waals surface area contributed by atoms with Gasteiger partial charge < -0.3 is 15.3 Å². The van der Waals surface area contributed by atoms with Crippen LogP contribution >= 0.6 is 0 Å². The van der Waals surface area contributed by atoms with Crippen molar-refractivity contribution in [2.45, 2.75) is 64.6 Å². The zero-order valence-corrected chi connectivity index (χ0v) is 21.1. The molecule has 0 bridgehead atoms. The third-order valence-corrected chi connectivity index (χ3v) is 5.99. The third-order valence-electron chi connectivity index (χ3n) is 5.99. The van der Waals surface area contributed by atoms with E-state index in [1.54, 1.807) is 24.3 Å². The molecule has 3 N–H and O–H groups in total. The lowest BCUT2D eigenvalue weighted by molar-refractivity contribution is -0.139. The number of aromatic nitrogens is 1. The van der Waals surface area contributed by atoms with Gasteiger partial charge in [-0.2, -0.15) is 0 Å². The number of nitrogens with zero attached hydrogens (tertiary/aromatic N) is 1. The van der Waals surface area contributed by atoms with Gasteiger partial charge in [0, 0.05) is 23.1 Å². The molecule has 3 aromatic rings. The molecule has 0 amide bonds. The summed E-state index contributed by atoms with van der Waals surface area (Å²) in [6.07, 6.45) is 0.594. The van der Waals surface area contributed by atoms with Gasteiger partial charge in [0.2, 0.25) is 0 Å². The van der Waals surface area contributed by atoms with Crippen LogP contribution < -0.4 is 0 Å². The average molecular weight is 492 g/mol.